The molecule has 1 fully saturated rings. The highest BCUT2D eigenvalue weighted by molar-refractivity contribution is 5.93. The molecule has 0 N–H and O–H groups in total. The van der Waals surface area contributed by atoms with E-state index in [-0.39, 0.29) is 12.1 Å². The Labute approximate surface area is 183 Å². The lowest BCUT2D eigenvalue weighted by atomic mass is 9.93. The smallest absolute Gasteiger partial charge is 0.338 e. The number of nitriles is 1. The SMILES string of the molecule is N#Cc1cccc2c1CCOC2CN1CCN(CCc2ccc3c(c2)COC3=O)CC1. The highest BCUT2D eigenvalue weighted by Crippen LogP contribution is 2.30. The molecule has 1 saturated heterocycles. The maximum atomic E-state index is 11.6. The molecular weight excluding hydrogens is 390 g/mol. The van der Waals surface area contributed by atoms with Crippen LogP contribution in [0.5, 0.6) is 0 Å². The molecule has 2 aromatic rings. The van der Waals surface area contributed by atoms with Gasteiger partial charge in [0.05, 0.1) is 29.9 Å². The second-order valence-electron chi connectivity index (χ2n) is 8.55. The normalized spacial score (nSPS) is 21.3. The van der Waals surface area contributed by atoms with Gasteiger partial charge >= 0.3 is 5.97 Å². The van der Waals surface area contributed by atoms with Gasteiger partial charge in [0, 0.05) is 44.8 Å². The largest absolute Gasteiger partial charge is 0.457 e. The maximum absolute atomic E-state index is 11.6. The maximum Gasteiger partial charge on any atom is 0.338 e. The zero-order valence-electron chi connectivity index (χ0n) is 17.7. The molecule has 1 unspecified atom stereocenters. The van der Waals surface area contributed by atoms with E-state index in [1.54, 1.807) is 0 Å². The lowest BCUT2D eigenvalue weighted by molar-refractivity contribution is 0.00463. The zero-order valence-corrected chi connectivity index (χ0v) is 17.7. The quantitative estimate of drug-likeness (QED) is 0.697. The Morgan fingerprint density at radius 2 is 1.94 bits per heavy atom. The molecule has 3 aliphatic heterocycles. The van der Waals surface area contributed by atoms with Gasteiger partial charge in [-0.15, -0.1) is 0 Å². The van der Waals surface area contributed by atoms with Crippen molar-refractivity contribution in [1.29, 1.82) is 5.26 Å². The molecule has 160 valence electrons. The van der Waals surface area contributed by atoms with Gasteiger partial charge in [-0.3, -0.25) is 4.90 Å². The number of hydrogen-bond acceptors (Lipinski definition) is 6. The third kappa shape index (κ3) is 4.22. The molecule has 1 atom stereocenters. The molecule has 3 aliphatic rings. The van der Waals surface area contributed by atoms with Gasteiger partial charge in [-0.25, -0.2) is 4.79 Å². The molecular formula is C25H27N3O3. The van der Waals surface area contributed by atoms with Crippen LogP contribution in [0.1, 0.15) is 44.3 Å². The van der Waals surface area contributed by atoms with Crippen LogP contribution < -0.4 is 0 Å². The van der Waals surface area contributed by atoms with Gasteiger partial charge in [0.1, 0.15) is 6.61 Å². The molecule has 0 saturated carbocycles. The number of fused-ring (bicyclic) bond motifs is 2. The molecule has 3 heterocycles. The third-order valence-electron chi connectivity index (χ3n) is 6.70. The first-order chi connectivity index (χ1) is 15.2. The Kier molecular flexibility index (Phi) is 5.73. The summed E-state index contributed by atoms with van der Waals surface area (Å²) in [4.78, 5) is 16.6. The Hall–Kier alpha value is -2.72. The van der Waals surface area contributed by atoms with E-state index in [1.807, 2.05) is 18.2 Å². The number of ether oxygens (including phenoxy) is 2. The molecule has 0 amide bonds. The van der Waals surface area contributed by atoms with Crippen molar-refractivity contribution in [3.05, 3.63) is 69.8 Å². The van der Waals surface area contributed by atoms with Gasteiger partial charge in [0.25, 0.3) is 0 Å². The lowest BCUT2D eigenvalue weighted by Crippen LogP contribution is -2.48. The van der Waals surface area contributed by atoms with Gasteiger partial charge in [-0.05, 0) is 41.7 Å². The summed E-state index contributed by atoms with van der Waals surface area (Å²) in [6.45, 7) is 7.15. The number of esters is 1. The first kappa shape index (κ1) is 20.2. The number of cyclic esters (lactones) is 1. The topological polar surface area (TPSA) is 65.8 Å². The minimum absolute atomic E-state index is 0.0555. The van der Waals surface area contributed by atoms with Crippen LogP contribution in [0.15, 0.2) is 36.4 Å². The van der Waals surface area contributed by atoms with E-state index in [0.29, 0.717) is 18.8 Å². The van der Waals surface area contributed by atoms with Crippen LogP contribution in [0.3, 0.4) is 0 Å². The van der Waals surface area contributed by atoms with E-state index in [2.05, 4.69) is 34.1 Å². The minimum Gasteiger partial charge on any atom is -0.457 e. The van der Waals surface area contributed by atoms with Crippen molar-refractivity contribution in [1.82, 2.24) is 9.80 Å². The minimum atomic E-state index is -0.203. The molecule has 6 heteroatoms. The third-order valence-corrected chi connectivity index (χ3v) is 6.70. The number of benzene rings is 2. The summed E-state index contributed by atoms with van der Waals surface area (Å²) in [5.74, 6) is -0.203. The van der Waals surface area contributed by atoms with Crippen LogP contribution in [-0.2, 0) is 28.9 Å². The van der Waals surface area contributed by atoms with E-state index < -0.39 is 0 Å². The predicted molar refractivity (Wildman–Crippen MR) is 116 cm³/mol. The van der Waals surface area contributed by atoms with E-state index in [9.17, 15) is 10.1 Å². The number of rotatable bonds is 5. The van der Waals surface area contributed by atoms with Crippen molar-refractivity contribution in [2.75, 3.05) is 45.9 Å². The number of hydrogen-bond donors (Lipinski definition) is 0. The fraction of sp³-hybridized carbons (Fsp3) is 0.440. The molecule has 0 aromatic heterocycles. The predicted octanol–water partition coefficient (Wildman–Crippen LogP) is 2.70. The van der Waals surface area contributed by atoms with Crippen LogP contribution in [0.4, 0.5) is 0 Å². The lowest BCUT2D eigenvalue weighted by Gasteiger charge is -2.37. The van der Waals surface area contributed by atoms with Crippen molar-refractivity contribution in [2.45, 2.75) is 25.6 Å². The summed E-state index contributed by atoms with van der Waals surface area (Å²) < 4.78 is 11.2. The highest BCUT2D eigenvalue weighted by Gasteiger charge is 2.27. The summed E-state index contributed by atoms with van der Waals surface area (Å²) in [6, 6.07) is 14.4. The monoisotopic (exact) mass is 417 g/mol. The number of piperazine rings is 1. The standard InChI is InChI=1S/C25H27N3O3/c26-15-19-2-1-3-23-21(19)7-13-30-24(23)16-28-11-9-27(10-12-28)8-6-18-4-5-22-20(14-18)17-31-25(22)29/h1-5,14,24H,6-13,16-17H2. The fourth-order valence-electron chi connectivity index (χ4n) is 4.89. The Balaban J connectivity index is 1.13. The first-order valence-electron chi connectivity index (χ1n) is 11.1. The van der Waals surface area contributed by atoms with Crippen molar-refractivity contribution in [2.24, 2.45) is 0 Å². The zero-order chi connectivity index (χ0) is 21.2. The second-order valence-corrected chi connectivity index (χ2v) is 8.55. The van der Waals surface area contributed by atoms with Crippen LogP contribution in [0.25, 0.3) is 0 Å². The molecule has 31 heavy (non-hydrogen) atoms. The van der Waals surface area contributed by atoms with Crippen LogP contribution in [0.2, 0.25) is 0 Å². The molecule has 0 spiro atoms. The Morgan fingerprint density at radius 3 is 2.77 bits per heavy atom. The van der Waals surface area contributed by atoms with Crippen molar-refractivity contribution in [3.8, 4) is 6.07 Å². The molecule has 6 nitrogen and oxygen atoms in total. The average molecular weight is 418 g/mol. The molecule has 5 rings (SSSR count). The fourth-order valence-corrected chi connectivity index (χ4v) is 4.89. The summed E-state index contributed by atoms with van der Waals surface area (Å²) in [7, 11) is 0. The van der Waals surface area contributed by atoms with Gasteiger partial charge < -0.3 is 14.4 Å². The first-order valence-corrected chi connectivity index (χ1v) is 11.1. The number of nitrogens with zero attached hydrogens (tertiary/aromatic N) is 3. The summed E-state index contributed by atoms with van der Waals surface area (Å²) >= 11 is 0. The van der Waals surface area contributed by atoms with Gasteiger partial charge in [0.2, 0.25) is 0 Å². The summed E-state index contributed by atoms with van der Waals surface area (Å²) in [5.41, 5.74) is 6.14. The number of carbonyl (C=O) groups is 1. The molecule has 2 aromatic carbocycles. The Morgan fingerprint density at radius 1 is 1.10 bits per heavy atom. The number of carbonyl (C=O) groups excluding carboxylic acids is 1. The van der Waals surface area contributed by atoms with Crippen molar-refractivity contribution in [3.63, 3.8) is 0 Å². The van der Waals surface area contributed by atoms with Crippen LogP contribution in [-0.4, -0.2) is 61.6 Å². The van der Waals surface area contributed by atoms with E-state index >= 15 is 0 Å². The molecule has 0 aliphatic carbocycles. The van der Waals surface area contributed by atoms with E-state index in [1.165, 1.54) is 16.7 Å². The summed E-state index contributed by atoms with van der Waals surface area (Å²) in [6.07, 6.45) is 1.86. The highest BCUT2D eigenvalue weighted by atomic mass is 16.5. The summed E-state index contributed by atoms with van der Waals surface area (Å²) in [5, 5.41) is 9.39. The Bertz CT molecular complexity index is 1020. The van der Waals surface area contributed by atoms with Gasteiger partial charge in [-0.1, -0.05) is 24.3 Å². The molecule has 0 radical (unpaired) electrons. The van der Waals surface area contributed by atoms with E-state index in [0.717, 1.165) is 63.2 Å². The van der Waals surface area contributed by atoms with Crippen molar-refractivity contribution >= 4 is 5.97 Å². The van der Waals surface area contributed by atoms with Gasteiger partial charge in [-0.2, -0.15) is 5.26 Å². The van der Waals surface area contributed by atoms with Gasteiger partial charge in [0.15, 0.2) is 0 Å². The molecule has 0 bridgehead atoms. The second kappa shape index (κ2) is 8.80. The van der Waals surface area contributed by atoms with Crippen LogP contribution in [0, 0.1) is 11.3 Å². The average Bonchev–Trinajstić information content (AvgIpc) is 3.18. The van der Waals surface area contributed by atoms with Crippen LogP contribution >= 0.6 is 0 Å². The van der Waals surface area contributed by atoms with Crippen molar-refractivity contribution < 1.29 is 14.3 Å². The van der Waals surface area contributed by atoms with E-state index in [4.69, 9.17) is 9.47 Å².